The highest BCUT2D eigenvalue weighted by atomic mass is 19.1. The summed E-state index contributed by atoms with van der Waals surface area (Å²) in [6.45, 7) is 9.75. The minimum Gasteiger partial charge on any atom is -0.493 e. The highest BCUT2D eigenvalue weighted by molar-refractivity contribution is 6.03. The molecule has 3 aromatic rings. The Labute approximate surface area is 259 Å². The molecule has 230 valence electrons. The fourth-order valence-electron chi connectivity index (χ4n) is 6.64. The normalized spacial score (nSPS) is 19.6. The Hall–Kier alpha value is -3.97. The third-order valence-electron chi connectivity index (χ3n) is 9.34. The van der Waals surface area contributed by atoms with Crippen LogP contribution in [0.25, 0.3) is 5.57 Å². The second-order valence-corrected chi connectivity index (χ2v) is 12.7. The minimum absolute atomic E-state index is 0.0183. The summed E-state index contributed by atoms with van der Waals surface area (Å²) in [5.41, 5.74) is 8.04. The average Bonchev–Trinajstić information content (AvgIpc) is 3.84. The lowest BCUT2D eigenvalue weighted by Crippen LogP contribution is -2.61. The first kappa shape index (κ1) is 30.1. The first-order chi connectivity index (χ1) is 21.2. The van der Waals surface area contributed by atoms with Crippen LogP contribution in [0.4, 0.5) is 4.39 Å². The molecule has 3 aliphatic rings. The number of benzene rings is 3. The zero-order valence-corrected chi connectivity index (χ0v) is 26.2. The Kier molecular flexibility index (Phi) is 8.59. The van der Waals surface area contributed by atoms with E-state index < -0.39 is 0 Å². The van der Waals surface area contributed by atoms with Gasteiger partial charge in [0.15, 0.2) is 0 Å². The summed E-state index contributed by atoms with van der Waals surface area (Å²) in [5.74, 6) is 0.594. The van der Waals surface area contributed by atoms with Gasteiger partial charge in [0.1, 0.15) is 11.6 Å². The van der Waals surface area contributed by atoms with Crippen LogP contribution in [0.2, 0.25) is 0 Å². The molecule has 0 aromatic heterocycles. The predicted molar refractivity (Wildman–Crippen MR) is 171 cm³/mol. The van der Waals surface area contributed by atoms with Gasteiger partial charge in [-0.05, 0) is 85.6 Å². The number of piperazine rings is 1. The zero-order valence-electron chi connectivity index (χ0n) is 26.2. The quantitative estimate of drug-likeness (QED) is 0.334. The lowest BCUT2D eigenvalue weighted by atomic mass is 9.82. The smallest absolute Gasteiger partial charge is 0.252 e. The number of halogens is 1. The van der Waals surface area contributed by atoms with Crippen molar-refractivity contribution >= 4 is 17.4 Å². The van der Waals surface area contributed by atoms with Gasteiger partial charge >= 0.3 is 0 Å². The van der Waals surface area contributed by atoms with Crippen LogP contribution in [0.3, 0.4) is 0 Å². The first-order valence-corrected chi connectivity index (χ1v) is 15.8. The summed E-state index contributed by atoms with van der Waals surface area (Å²) in [5, 5.41) is 3.64. The second kappa shape index (κ2) is 12.6. The second-order valence-electron chi connectivity index (χ2n) is 12.7. The van der Waals surface area contributed by atoms with Crippen molar-refractivity contribution < 1.29 is 18.7 Å². The first-order valence-electron chi connectivity index (χ1n) is 15.8. The molecule has 2 heterocycles. The standard InChI is InChI=1S/C37H42FN3O3/c1-23-17-24(2)25(3)35(18-23)44-16-15-27-9-11-28(12-10-27)32-19-30-21-40(26(4)42)22-34(39-30)36(32)37(43)41(31-13-14-31)20-29-7-5-6-8-33(29)38/h5-12,17-18,30-31,34,39H,13-16,19-22H2,1-4H3/t30-,34-/m1/s1. The van der Waals surface area contributed by atoms with Gasteiger partial charge in [-0.25, -0.2) is 4.39 Å². The number of fused-ring (bicyclic) bond motifs is 2. The molecule has 2 fully saturated rings. The summed E-state index contributed by atoms with van der Waals surface area (Å²) in [7, 11) is 0. The zero-order chi connectivity index (χ0) is 31.0. The Bertz CT molecular complexity index is 1590. The molecule has 1 saturated heterocycles. The van der Waals surface area contributed by atoms with Crippen molar-refractivity contribution in [1.82, 2.24) is 15.1 Å². The fraction of sp³-hybridized carbons (Fsp3) is 0.405. The molecule has 1 saturated carbocycles. The molecule has 1 N–H and O–H groups in total. The fourth-order valence-corrected chi connectivity index (χ4v) is 6.64. The number of hydrogen-bond donors (Lipinski definition) is 1. The molecule has 6 nitrogen and oxygen atoms in total. The van der Waals surface area contributed by atoms with Crippen LogP contribution in [0.15, 0.2) is 66.2 Å². The maximum Gasteiger partial charge on any atom is 0.252 e. The SMILES string of the molecule is CC(=O)N1C[C@H]2CC(c3ccc(CCOc4cc(C)cc(C)c4C)cc3)=C(C(=O)N(Cc3ccccc3F)C3CC3)[C@@H](C1)N2. The molecular weight excluding hydrogens is 553 g/mol. The summed E-state index contributed by atoms with van der Waals surface area (Å²) >= 11 is 0. The lowest BCUT2D eigenvalue weighted by Gasteiger charge is -2.44. The molecular formula is C37H42FN3O3. The molecule has 6 rings (SSSR count). The Morgan fingerprint density at radius 2 is 1.77 bits per heavy atom. The maximum atomic E-state index is 14.7. The van der Waals surface area contributed by atoms with Crippen LogP contribution >= 0.6 is 0 Å². The highest BCUT2D eigenvalue weighted by Gasteiger charge is 2.43. The molecule has 2 atom stereocenters. The number of nitrogens with zero attached hydrogens (tertiary/aromatic N) is 2. The molecule has 7 heteroatoms. The topological polar surface area (TPSA) is 61.9 Å². The molecule has 0 unspecified atom stereocenters. The van der Waals surface area contributed by atoms with Crippen molar-refractivity contribution in [2.75, 3.05) is 19.7 Å². The van der Waals surface area contributed by atoms with Crippen LogP contribution in [0, 0.1) is 26.6 Å². The Morgan fingerprint density at radius 1 is 1.02 bits per heavy atom. The molecule has 0 radical (unpaired) electrons. The Balaban J connectivity index is 1.27. The Morgan fingerprint density at radius 3 is 2.48 bits per heavy atom. The average molecular weight is 596 g/mol. The van der Waals surface area contributed by atoms with E-state index in [-0.39, 0.29) is 42.3 Å². The summed E-state index contributed by atoms with van der Waals surface area (Å²) in [4.78, 5) is 30.5. The molecule has 44 heavy (non-hydrogen) atoms. The molecule has 3 aromatic carbocycles. The van der Waals surface area contributed by atoms with Gasteiger partial charge in [0.25, 0.3) is 5.91 Å². The maximum absolute atomic E-state index is 14.7. The molecule has 1 aliphatic carbocycles. The van der Waals surface area contributed by atoms with Crippen molar-refractivity contribution in [2.24, 2.45) is 0 Å². The number of rotatable bonds is 9. The van der Waals surface area contributed by atoms with E-state index in [1.54, 1.807) is 19.1 Å². The van der Waals surface area contributed by atoms with Gasteiger partial charge in [0.05, 0.1) is 12.6 Å². The van der Waals surface area contributed by atoms with Gasteiger partial charge < -0.3 is 19.9 Å². The minimum atomic E-state index is -0.297. The van der Waals surface area contributed by atoms with E-state index in [0.717, 1.165) is 36.1 Å². The van der Waals surface area contributed by atoms with E-state index in [1.807, 2.05) is 15.9 Å². The molecule has 2 bridgehead atoms. The third-order valence-corrected chi connectivity index (χ3v) is 9.34. The van der Waals surface area contributed by atoms with Crippen molar-refractivity contribution in [1.29, 1.82) is 0 Å². The number of amides is 2. The van der Waals surface area contributed by atoms with E-state index in [9.17, 15) is 14.0 Å². The van der Waals surface area contributed by atoms with Gasteiger partial charge in [-0.1, -0.05) is 48.5 Å². The number of nitrogens with one attached hydrogen (secondary N) is 1. The van der Waals surface area contributed by atoms with Gasteiger partial charge in [0.2, 0.25) is 5.91 Å². The molecule has 0 spiro atoms. The molecule has 2 amide bonds. The number of hydrogen-bond acceptors (Lipinski definition) is 4. The highest BCUT2D eigenvalue weighted by Crippen LogP contribution is 2.37. The largest absolute Gasteiger partial charge is 0.493 e. The number of carbonyl (C=O) groups is 2. The third kappa shape index (κ3) is 6.43. The van der Waals surface area contributed by atoms with Crippen molar-refractivity contribution in [2.45, 2.75) is 78.0 Å². The van der Waals surface area contributed by atoms with Crippen LogP contribution in [-0.4, -0.2) is 59.4 Å². The van der Waals surface area contributed by atoms with Gasteiger partial charge in [0, 0.05) is 56.2 Å². The van der Waals surface area contributed by atoms with E-state index in [4.69, 9.17) is 4.74 Å². The lowest BCUT2D eigenvalue weighted by molar-refractivity contribution is -0.132. The van der Waals surface area contributed by atoms with E-state index in [0.29, 0.717) is 37.3 Å². The summed E-state index contributed by atoms with van der Waals surface area (Å²) in [6.07, 6.45) is 3.26. The van der Waals surface area contributed by atoms with Crippen LogP contribution < -0.4 is 10.1 Å². The van der Waals surface area contributed by atoms with Crippen LogP contribution in [0.5, 0.6) is 5.75 Å². The van der Waals surface area contributed by atoms with Gasteiger partial charge in [-0.2, -0.15) is 0 Å². The van der Waals surface area contributed by atoms with Crippen LogP contribution in [-0.2, 0) is 22.6 Å². The number of ether oxygens (including phenoxy) is 1. The van der Waals surface area contributed by atoms with Gasteiger partial charge in [-0.15, -0.1) is 0 Å². The van der Waals surface area contributed by atoms with Crippen LogP contribution in [0.1, 0.15) is 59.6 Å². The van der Waals surface area contributed by atoms with Crippen molar-refractivity contribution in [3.05, 3.63) is 105 Å². The van der Waals surface area contributed by atoms with E-state index in [2.05, 4.69) is 62.5 Å². The van der Waals surface area contributed by atoms with E-state index in [1.165, 1.54) is 28.3 Å². The summed E-state index contributed by atoms with van der Waals surface area (Å²) in [6, 6.07) is 19.3. The molecule has 2 aliphatic heterocycles. The van der Waals surface area contributed by atoms with Crippen molar-refractivity contribution in [3.63, 3.8) is 0 Å². The predicted octanol–water partition coefficient (Wildman–Crippen LogP) is 5.91. The summed E-state index contributed by atoms with van der Waals surface area (Å²) < 4.78 is 20.8. The number of aryl methyl sites for hydroxylation is 2. The number of carbonyl (C=O) groups excluding carboxylic acids is 2. The van der Waals surface area contributed by atoms with E-state index >= 15 is 0 Å². The van der Waals surface area contributed by atoms with Gasteiger partial charge in [-0.3, -0.25) is 9.59 Å². The monoisotopic (exact) mass is 595 g/mol. The van der Waals surface area contributed by atoms with Crippen molar-refractivity contribution in [3.8, 4) is 5.75 Å².